The van der Waals surface area contributed by atoms with Crippen molar-refractivity contribution in [3.63, 3.8) is 0 Å². The van der Waals surface area contributed by atoms with E-state index in [0.29, 0.717) is 33.3 Å². The predicted octanol–water partition coefficient (Wildman–Crippen LogP) is 4.59. The van der Waals surface area contributed by atoms with Gasteiger partial charge in [-0.25, -0.2) is 18.6 Å². The number of nitrogens with one attached hydrogen (secondary N) is 2. The second-order valence-electron chi connectivity index (χ2n) is 12.0. The van der Waals surface area contributed by atoms with Crippen LogP contribution in [0, 0.1) is 25.2 Å². The van der Waals surface area contributed by atoms with Crippen LogP contribution in [0.1, 0.15) is 60.6 Å². The molecule has 2 aliphatic carbocycles. The number of pyridine rings is 1. The van der Waals surface area contributed by atoms with Crippen LogP contribution in [0.2, 0.25) is 0 Å². The standard InChI is InChI=1S/C30H31BrF2N6O5/c1-15-6-4-7-18-23(17(3)40)37-39(24(15)18)44-28(43)38-20(27(42)36-25-16(2)9-10-22(31)35-25)12-29(13-21(29)38)14-34-26(41)19-8-5-11-30(19,32)33/h4,6-7,9-10,19-21H,5,8,11-14H2,1-3H3,(H,34,41)(H,35,36,42)/t19?,20-,21+,29-/m0/s1. The van der Waals surface area contributed by atoms with E-state index in [9.17, 15) is 28.0 Å². The lowest BCUT2D eigenvalue weighted by molar-refractivity contribution is -0.136. The highest BCUT2D eigenvalue weighted by atomic mass is 79.9. The van der Waals surface area contributed by atoms with E-state index >= 15 is 0 Å². The van der Waals surface area contributed by atoms with Gasteiger partial charge in [-0.2, -0.15) is 0 Å². The van der Waals surface area contributed by atoms with E-state index in [1.807, 2.05) is 0 Å². The van der Waals surface area contributed by atoms with Gasteiger partial charge in [0, 0.05) is 36.7 Å². The van der Waals surface area contributed by atoms with Crippen LogP contribution in [-0.4, -0.2) is 68.1 Å². The molecule has 0 spiro atoms. The quantitative estimate of drug-likeness (QED) is 0.277. The van der Waals surface area contributed by atoms with Crippen LogP contribution < -0.4 is 15.5 Å². The number of ketones is 1. The minimum Gasteiger partial charge on any atom is -0.355 e. The minimum atomic E-state index is -3.06. The van der Waals surface area contributed by atoms with Gasteiger partial charge < -0.3 is 10.6 Å². The first-order chi connectivity index (χ1) is 20.8. The second-order valence-corrected chi connectivity index (χ2v) is 12.8. The monoisotopic (exact) mass is 672 g/mol. The number of halogens is 3. The molecular weight excluding hydrogens is 642 g/mol. The van der Waals surface area contributed by atoms with Gasteiger partial charge in [0.25, 0.3) is 5.92 Å². The molecule has 44 heavy (non-hydrogen) atoms. The van der Waals surface area contributed by atoms with Crippen molar-refractivity contribution in [2.24, 2.45) is 11.3 Å². The highest BCUT2D eigenvalue weighted by Gasteiger charge is 2.68. The number of carbonyl (C=O) groups is 4. The average Bonchev–Trinajstić information content (AvgIpc) is 3.20. The minimum absolute atomic E-state index is 0.0308. The maximum Gasteiger partial charge on any atom is 0.436 e. The number of nitrogens with zero attached hydrogens (tertiary/aromatic N) is 4. The number of Topliss-reactive ketones (excluding diaryl/α,β-unsaturated/α-hetero) is 1. The number of likely N-dealkylation sites (tertiary alicyclic amines) is 1. The average molecular weight is 674 g/mol. The number of aromatic nitrogens is 3. The van der Waals surface area contributed by atoms with Crippen LogP contribution in [0.4, 0.5) is 19.4 Å². The number of aryl methyl sites for hydroxylation is 2. The zero-order valence-corrected chi connectivity index (χ0v) is 25.9. The number of hydrogen-bond acceptors (Lipinski definition) is 7. The Morgan fingerprint density at radius 3 is 2.57 bits per heavy atom. The maximum absolute atomic E-state index is 14.2. The normalized spacial score (nSPS) is 25.0. The van der Waals surface area contributed by atoms with Gasteiger partial charge in [-0.3, -0.25) is 24.1 Å². The highest BCUT2D eigenvalue weighted by Crippen LogP contribution is 2.59. The first kappa shape index (κ1) is 30.1. The smallest absolute Gasteiger partial charge is 0.355 e. The van der Waals surface area contributed by atoms with E-state index in [0.717, 1.165) is 10.4 Å². The lowest BCUT2D eigenvalue weighted by Gasteiger charge is -2.25. The molecule has 232 valence electrons. The van der Waals surface area contributed by atoms with Crippen LogP contribution >= 0.6 is 15.9 Å². The SMILES string of the molecule is CC(=O)c1nn(OC(=O)N2[C@H](C(=O)Nc3nc(Br)ccc3C)C[C@@]3(CNC(=O)C4CCCC4(F)F)C[C@@H]23)c2c(C)cccc12. The molecule has 3 amide bonds. The van der Waals surface area contributed by atoms with Crippen molar-refractivity contribution < 1.29 is 32.8 Å². The van der Waals surface area contributed by atoms with Crippen molar-refractivity contribution in [1.29, 1.82) is 0 Å². The van der Waals surface area contributed by atoms with Crippen molar-refractivity contribution in [2.45, 2.75) is 70.9 Å². The largest absolute Gasteiger partial charge is 0.436 e. The fourth-order valence-electron chi connectivity index (χ4n) is 6.59. The van der Waals surface area contributed by atoms with E-state index in [4.69, 9.17) is 4.84 Å². The van der Waals surface area contributed by atoms with Crippen LogP contribution in [0.15, 0.2) is 34.9 Å². The molecule has 1 aromatic carbocycles. The Hall–Kier alpha value is -3.94. The third-order valence-electron chi connectivity index (χ3n) is 9.05. The molecule has 3 aromatic rings. The molecule has 6 rings (SSSR count). The molecule has 1 unspecified atom stereocenters. The summed E-state index contributed by atoms with van der Waals surface area (Å²) in [7, 11) is 0. The number of anilines is 1. The van der Waals surface area contributed by atoms with Gasteiger partial charge in [0.05, 0.1) is 0 Å². The lowest BCUT2D eigenvalue weighted by atomic mass is 9.98. The Labute approximate surface area is 259 Å². The van der Waals surface area contributed by atoms with E-state index in [-0.39, 0.29) is 43.7 Å². The molecule has 1 saturated heterocycles. The summed E-state index contributed by atoms with van der Waals surface area (Å²) in [5.74, 6) is -5.69. The van der Waals surface area contributed by atoms with E-state index in [2.05, 4.69) is 36.6 Å². The number of para-hydroxylation sites is 1. The summed E-state index contributed by atoms with van der Waals surface area (Å²) >= 11 is 3.30. The highest BCUT2D eigenvalue weighted by molar-refractivity contribution is 9.10. The third kappa shape index (κ3) is 5.22. The number of benzene rings is 1. The zero-order chi connectivity index (χ0) is 31.6. The number of piperidine rings is 1. The van der Waals surface area contributed by atoms with Crippen molar-refractivity contribution in [1.82, 2.24) is 25.1 Å². The molecule has 14 heteroatoms. The van der Waals surface area contributed by atoms with Gasteiger partial charge in [0.1, 0.15) is 33.6 Å². The Morgan fingerprint density at radius 1 is 1.09 bits per heavy atom. The molecule has 4 atom stereocenters. The predicted molar refractivity (Wildman–Crippen MR) is 158 cm³/mol. The molecule has 2 saturated carbocycles. The van der Waals surface area contributed by atoms with Gasteiger partial charge in [-0.05, 0) is 72.7 Å². The maximum atomic E-state index is 14.2. The number of rotatable bonds is 7. The van der Waals surface area contributed by atoms with Gasteiger partial charge in [0.15, 0.2) is 5.78 Å². The molecule has 3 aliphatic rings. The second kappa shape index (κ2) is 10.9. The van der Waals surface area contributed by atoms with E-state index in [1.54, 1.807) is 44.2 Å². The summed E-state index contributed by atoms with van der Waals surface area (Å²) in [6.07, 6.45) is -0.196. The first-order valence-corrected chi connectivity index (χ1v) is 15.2. The van der Waals surface area contributed by atoms with Crippen LogP contribution in [-0.2, 0) is 9.59 Å². The Balaban J connectivity index is 1.27. The van der Waals surface area contributed by atoms with Crippen molar-refractivity contribution in [3.8, 4) is 0 Å². The third-order valence-corrected chi connectivity index (χ3v) is 9.49. The molecule has 2 N–H and O–H groups in total. The number of hydrogen-bond donors (Lipinski definition) is 2. The molecule has 0 bridgehead atoms. The molecule has 1 aliphatic heterocycles. The van der Waals surface area contributed by atoms with Gasteiger partial charge in [-0.1, -0.05) is 29.1 Å². The lowest BCUT2D eigenvalue weighted by Crippen LogP contribution is -2.48. The fraction of sp³-hybridized carbons (Fsp3) is 0.467. The zero-order valence-electron chi connectivity index (χ0n) is 24.3. The number of carbonyl (C=O) groups excluding carboxylic acids is 4. The van der Waals surface area contributed by atoms with E-state index in [1.165, 1.54) is 11.8 Å². The van der Waals surface area contributed by atoms with E-state index < -0.39 is 47.2 Å². The Kier molecular flexibility index (Phi) is 7.45. The molecule has 11 nitrogen and oxygen atoms in total. The summed E-state index contributed by atoms with van der Waals surface area (Å²) in [6.45, 7) is 4.97. The number of fused-ring (bicyclic) bond motifs is 2. The summed E-state index contributed by atoms with van der Waals surface area (Å²) in [5.41, 5.74) is 1.29. The Morgan fingerprint density at radius 2 is 1.86 bits per heavy atom. The summed E-state index contributed by atoms with van der Waals surface area (Å²) in [5, 5.41) is 10.2. The topological polar surface area (TPSA) is 136 Å². The van der Waals surface area contributed by atoms with Gasteiger partial charge >= 0.3 is 6.09 Å². The van der Waals surface area contributed by atoms with Gasteiger partial charge in [-0.15, -0.1) is 5.10 Å². The fourth-order valence-corrected chi connectivity index (χ4v) is 6.90. The molecule has 2 aromatic heterocycles. The molecule has 3 fully saturated rings. The first-order valence-electron chi connectivity index (χ1n) is 14.4. The number of alkyl halides is 2. The summed E-state index contributed by atoms with van der Waals surface area (Å²) < 4.78 is 29.0. The molecule has 0 radical (unpaired) electrons. The molecule has 3 heterocycles. The van der Waals surface area contributed by atoms with Crippen LogP contribution in [0.3, 0.4) is 0 Å². The summed E-state index contributed by atoms with van der Waals surface area (Å²) in [6, 6.07) is 7.27. The van der Waals surface area contributed by atoms with Crippen LogP contribution in [0.5, 0.6) is 0 Å². The van der Waals surface area contributed by atoms with Crippen molar-refractivity contribution in [3.05, 3.63) is 51.8 Å². The number of amides is 3. The van der Waals surface area contributed by atoms with Crippen LogP contribution in [0.25, 0.3) is 10.9 Å². The van der Waals surface area contributed by atoms with Crippen molar-refractivity contribution >= 4 is 56.3 Å². The Bertz CT molecular complexity index is 1710. The van der Waals surface area contributed by atoms with Crippen molar-refractivity contribution in [2.75, 3.05) is 11.9 Å². The summed E-state index contributed by atoms with van der Waals surface area (Å²) in [4.78, 5) is 64.9. The molecular formula is C30H31BrF2N6O5. The van der Waals surface area contributed by atoms with Gasteiger partial charge in [0.2, 0.25) is 11.8 Å².